The van der Waals surface area contributed by atoms with Crippen LogP contribution in [0.2, 0.25) is 0 Å². The van der Waals surface area contributed by atoms with Crippen molar-refractivity contribution in [3.05, 3.63) is 18.1 Å². The molecule has 1 aromatic rings. The fourth-order valence-corrected chi connectivity index (χ4v) is 1.89. The minimum absolute atomic E-state index is 0.0269. The summed E-state index contributed by atoms with van der Waals surface area (Å²) in [5.41, 5.74) is 0.411. The molecule has 0 aliphatic carbocycles. The predicted octanol–water partition coefficient (Wildman–Crippen LogP) is 3.05. The maximum atomic E-state index is 12.6. The van der Waals surface area contributed by atoms with E-state index in [4.69, 9.17) is 0 Å². The zero-order chi connectivity index (χ0) is 15.8. The summed E-state index contributed by atoms with van der Waals surface area (Å²) in [6, 6.07) is 0. The van der Waals surface area contributed by atoms with Crippen molar-refractivity contribution in [3.63, 3.8) is 0 Å². The first-order valence-electron chi connectivity index (χ1n) is 7.73. The third kappa shape index (κ3) is 6.10. The van der Waals surface area contributed by atoms with E-state index in [-0.39, 0.29) is 5.91 Å². The molecule has 0 saturated carbocycles. The van der Waals surface area contributed by atoms with Crippen LogP contribution >= 0.6 is 0 Å². The van der Waals surface area contributed by atoms with Gasteiger partial charge in [-0.05, 0) is 24.7 Å². The summed E-state index contributed by atoms with van der Waals surface area (Å²) in [5.74, 6) is 1.75. The zero-order valence-corrected chi connectivity index (χ0v) is 13.9. The van der Waals surface area contributed by atoms with Crippen molar-refractivity contribution in [2.45, 2.75) is 40.5 Å². The molecule has 1 aromatic heterocycles. The third-order valence-electron chi connectivity index (χ3n) is 3.35. The number of rotatable bonds is 8. The first-order chi connectivity index (χ1) is 9.93. The molecule has 5 heteroatoms. The Balaban J connectivity index is 2.81. The molecule has 0 aliphatic rings. The Morgan fingerprint density at radius 2 is 1.71 bits per heavy atom. The first-order valence-corrected chi connectivity index (χ1v) is 7.73. The molecule has 1 amide bonds. The maximum Gasteiger partial charge on any atom is 0.274 e. The van der Waals surface area contributed by atoms with Gasteiger partial charge in [-0.25, -0.2) is 4.98 Å². The van der Waals surface area contributed by atoms with E-state index >= 15 is 0 Å². The first kappa shape index (κ1) is 17.4. The molecular weight excluding hydrogens is 264 g/mol. The Morgan fingerprint density at radius 3 is 2.19 bits per heavy atom. The molecule has 0 aromatic carbocycles. The Bertz CT molecular complexity index is 434. The van der Waals surface area contributed by atoms with Crippen LogP contribution in [0.3, 0.4) is 0 Å². The standard InChI is InChI=1S/C16H28N4O/c1-12(2)6-8-20(9-7-13(3)4)16(21)14-10-18-11-15(17-5)19-14/h10-13H,6-9H2,1-5H3,(H,17,19). The van der Waals surface area contributed by atoms with Crippen LogP contribution in [0, 0.1) is 11.8 Å². The largest absolute Gasteiger partial charge is 0.372 e. The summed E-state index contributed by atoms with van der Waals surface area (Å²) >= 11 is 0. The molecule has 5 nitrogen and oxygen atoms in total. The van der Waals surface area contributed by atoms with Gasteiger partial charge in [-0.1, -0.05) is 27.7 Å². The Hall–Kier alpha value is -1.65. The molecule has 0 unspecified atom stereocenters. The summed E-state index contributed by atoms with van der Waals surface area (Å²) in [4.78, 5) is 22.9. The maximum absolute atomic E-state index is 12.6. The van der Waals surface area contributed by atoms with Gasteiger partial charge >= 0.3 is 0 Å². The van der Waals surface area contributed by atoms with Crippen LogP contribution in [0.1, 0.15) is 51.0 Å². The fourth-order valence-electron chi connectivity index (χ4n) is 1.89. The summed E-state index contributed by atoms with van der Waals surface area (Å²) in [5, 5.41) is 2.92. The van der Waals surface area contributed by atoms with E-state index in [2.05, 4.69) is 43.0 Å². The van der Waals surface area contributed by atoms with Crippen molar-refractivity contribution in [1.82, 2.24) is 14.9 Å². The molecule has 0 aliphatic heterocycles. The normalized spacial score (nSPS) is 11.0. The number of hydrogen-bond acceptors (Lipinski definition) is 4. The second kappa shape index (κ2) is 8.60. The van der Waals surface area contributed by atoms with E-state index in [0.29, 0.717) is 23.3 Å². The van der Waals surface area contributed by atoms with Gasteiger partial charge in [0.25, 0.3) is 5.91 Å². The highest BCUT2D eigenvalue weighted by atomic mass is 16.2. The minimum Gasteiger partial charge on any atom is -0.372 e. The Morgan fingerprint density at radius 1 is 1.14 bits per heavy atom. The highest BCUT2D eigenvalue weighted by Crippen LogP contribution is 2.11. The lowest BCUT2D eigenvalue weighted by Crippen LogP contribution is -2.34. The molecule has 0 fully saturated rings. The molecule has 1 rings (SSSR count). The lowest BCUT2D eigenvalue weighted by molar-refractivity contribution is 0.0734. The minimum atomic E-state index is -0.0269. The second-order valence-corrected chi connectivity index (χ2v) is 6.20. The van der Waals surface area contributed by atoms with Gasteiger partial charge in [0.2, 0.25) is 0 Å². The number of carbonyl (C=O) groups excluding carboxylic acids is 1. The molecule has 1 heterocycles. The summed E-state index contributed by atoms with van der Waals surface area (Å²) < 4.78 is 0. The van der Waals surface area contributed by atoms with Gasteiger partial charge in [-0.3, -0.25) is 9.78 Å². The van der Waals surface area contributed by atoms with E-state index in [9.17, 15) is 4.79 Å². The zero-order valence-electron chi connectivity index (χ0n) is 13.9. The highest BCUT2D eigenvalue weighted by Gasteiger charge is 2.18. The molecule has 1 N–H and O–H groups in total. The number of carbonyl (C=O) groups is 1. The molecule has 21 heavy (non-hydrogen) atoms. The monoisotopic (exact) mass is 292 g/mol. The van der Waals surface area contributed by atoms with Gasteiger partial charge in [-0.2, -0.15) is 0 Å². The van der Waals surface area contributed by atoms with E-state index in [0.717, 1.165) is 25.9 Å². The molecule has 0 radical (unpaired) electrons. The van der Waals surface area contributed by atoms with Crippen molar-refractivity contribution in [2.75, 3.05) is 25.5 Å². The van der Waals surface area contributed by atoms with Crippen LogP contribution in [-0.2, 0) is 0 Å². The third-order valence-corrected chi connectivity index (χ3v) is 3.35. The number of hydrogen-bond donors (Lipinski definition) is 1. The smallest absolute Gasteiger partial charge is 0.274 e. The van der Waals surface area contributed by atoms with Crippen LogP contribution in [0.5, 0.6) is 0 Å². The lowest BCUT2D eigenvalue weighted by atomic mass is 10.1. The summed E-state index contributed by atoms with van der Waals surface area (Å²) in [6.45, 7) is 10.2. The molecular formula is C16H28N4O. The van der Waals surface area contributed by atoms with Crippen molar-refractivity contribution in [2.24, 2.45) is 11.8 Å². The average Bonchev–Trinajstić information content (AvgIpc) is 2.46. The summed E-state index contributed by atoms with van der Waals surface area (Å²) in [7, 11) is 1.77. The molecule has 0 spiro atoms. The van der Waals surface area contributed by atoms with Crippen molar-refractivity contribution in [1.29, 1.82) is 0 Å². The Kier molecular flexibility index (Phi) is 7.12. The van der Waals surface area contributed by atoms with Gasteiger partial charge in [-0.15, -0.1) is 0 Å². The van der Waals surface area contributed by atoms with Gasteiger partial charge in [0.1, 0.15) is 11.5 Å². The highest BCUT2D eigenvalue weighted by molar-refractivity contribution is 5.92. The predicted molar refractivity (Wildman–Crippen MR) is 86.4 cm³/mol. The van der Waals surface area contributed by atoms with Gasteiger partial charge < -0.3 is 10.2 Å². The van der Waals surface area contributed by atoms with Crippen LogP contribution in [0.4, 0.5) is 5.82 Å². The van der Waals surface area contributed by atoms with E-state index < -0.39 is 0 Å². The second-order valence-electron chi connectivity index (χ2n) is 6.20. The number of nitrogens with zero attached hydrogens (tertiary/aromatic N) is 3. The van der Waals surface area contributed by atoms with E-state index in [1.54, 1.807) is 19.4 Å². The van der Waals surface area contributed by atoms with Crippen LogP contribution in [0.15, 0.2) is 12.4 Å². The van der Waals surface area contributed by atoms with Crippen LogP contribution in [0.25, 0.3) is 0 Å². The molecule has 118 valence electrons. The van der Waals surface area contributed by atoms with Crippen molar-refractivity contribution in [3.8, 4) is 0 Å². The molecule has 0 bridgehead atoms. The average molecular weight is 292 g/mol. The number of anilines is 1. The molecule has 0 saturated heterocycles. The fraction of sp³-hybridized carbons (Fsp3) is 0.688. The quantitative estimate of drug-likeness (QED) is 0.800. The van der Waals surface area contributed by atoms with Gasteiger partial charge in [0.15, 0.2) is 0 Å². The molecule has 0 atom stereocenters. The topological polar surface area (TPSA) is 58.1 Å². The van der Waals surface area contributed by atoms with Gasteiger partial charge in [0, 0.05) is 20.1 Å². The van der Waals surface area contributed by atoms with Crippen molar-refractivity contribution >= 4 is 11.7 Å². The number of aromatic nitrogens is 2. The SMILES string of the molecule is CNc1cncc(C(=O)N(CCC(C)C)CCC(C)C)n1. The van der Waals surface area contributed by atoms with Crippen LogP contribution in [-0.4, -0.2) is 40.9 Å². The Labute approximate surface area is 128 Å². The van der Waals surface area contributed by atoms with Gasteiger partial charge in [0.05, 0.1) is 12.4 Å². The van der Waals surface area contributed by atoms with E-state index in [1.165, 1.54) is 0 Å². The number of nitrogens with one attached hydrogen (secondary N) is 1. The lowest BCUT2D eigenvalue weighted by Gasteiger charge is -2.24. The van der Waals surface area contributed by atoms with E-state index in [1.807, 2.05) is 4.90 Å². The van der Waals surface area contributed by atoms with Crippen molar-refractivity contribution < 1.29 is 4.79 Å². The van der Waals surface area contributed by atoms with Crippen LogP contribution < -0.4 is 5.32 Å². The number of amides is 1. The summed E-state index contributed by atoms with van der Waals surface area (Å²) in [6.07, 6.45) is 5.16.